The molecule has 1 N–H and O–H groups in total. The van der Waals surface area contributed by atoms with Crippen LogP contribution in [0.3, 0.4) is 0 Å². The number of piperazine rings is 1. The Morgan fingerprint density at radius 2 is 1.94 bits per heavy atom. The number of alkyl halides is 1. The number of halogens is 3. The zero-order chi connectivity index (χ0) is 12.3. The van der Waals surface area contributed by atoms with Crippen LogP contribution in [0.2, 0.25) is 0 Å². The van der Waals surface area contributed by atoms with Gasteiger partial charge in [-0.1, -0.05) is 0 Å². The van der Waals surface area contributed by atoms with Crippen molar-refractivity contribution in [3.05, 3.63) is 35.4 Å². The average Bonchev–Trinajstić information content (AvgIpc) is 2.36. The minimum Gasteiger partial charge on any atom is -0.314 e. The van der Waals surface area contributed by atoms with Crippen LogP contribution in [-0.2, 0) is 0 Å². The van der Waals surface area contributed by atoms with Gasteiger partial charge >= 0.3 is 0 Å². The second kappa shape index (κ2) is 5.51. The molecule has 1 aliphatic heterocycles. The van der Waals surface area contributed by atoms with Crippen molar-refractivity contribution in [3.8, 4) is 0 Å². The summed E-state index contributed by atoms with van der Waals surface area (Å²) in [7, 11) is 0. The Labute approximate surface area is 98.4 Å². The van der Waals surface area contributed by atoms with Crippen molar-refractivity contribution < 1.29 is 13.2 Å². The molecule has 1 aromatic rings. The molecular weight excluding hydrogens is 229 g/mol. The minimum atomic E-state index is -0.708. The Morgan fingerprint density at radius 1 is 1.24 bits per heavy atom. The summed E-state index contributed by atoms with van der Waals surface area (Å²) in [6.07, 6.45) is 0. The summed E-state index contributed by atoms with van der Waals surface area (Å²) in [6.45, 7) is 2.07. The van der Waals surface area contributed by atoms with Gasteiger partial charge in [0.2, 0.25) is 0 Å². The predicted octanol–water partition coefficient (Wildman–Crippen LogP) is 1.88. The van der Waals surface area contributed by atoms with Gasteiger partial charge in [-0.05, 0) is 18.2 Å². The third-order valence-corrected chi connectivity index (χ3v) is 3.06. The molecule has 17 heavy (non-hydrogen) atoms. The number of benzene rings is 1. The van der Waals surface area contributed by atoms with Gasteiger partial charge in [0.25, 0.3) is 0 Å². The highest BCUT2D eigenvalue weighted by atomic mass is 19.1. The second-order valence-corrected chi connectivity index (χ2v) is 4.12. The monoisotopic (exact) mass is 244 g/mol. The summed E-state index contributed by atoms with van der Waals surface area (Å²) in [4.78, 5) is 1.84. The Kier molecular flexibility index (Phi) is 4.02. The number of rotatable bonds is 3. The quantitative estimate of drug-likeness (QED) is 0.873. The van der Waals surface area contributed by atoms with Crippen molar-refractivity contribution in [1.82, 2.24) is 10.2 Å². The molecule has 1 aromatic carbocycles. The third-order valence-electron chi connectivity index (χ3n) is 3.06. The summed E-state index contributed by atoms with van der Waals surface area (Å²) in [5.41, 5.74) is 0.106. The SMILES string of the molecule is FC[C@@H](c1cc(F)ccc1F)N1CCNCC1. The van der Waals surface area contributed by atoms with E-state index in [1.54, 1.807) is 0 Å². The molecule has 0 aromatic heterocycles. The van der Waals surface area contributed by atoms with Gasteiger partial charge in [-0.25, -0.2) is 13.2 Å². The van der Waals surface area contributed by atoms with Crippen LogP contribution in [0, 0.1) is 11.6 Å². The summed E-state index contributed by atoms with van der Waals surface area (Å²) in [5.74, 6) is -1.08. The first-order valence-electron chi connectivity index (χ1n) is 5.68. The van der Waals surface area contributed by atoms with E-state index in [-0.39, 0.29) is 5.56 Å². The Morgan fingerprint density at radius 3 is 2.59 bits per heavy atom. The van der Waals surface area contributed by atoms with Gasteiger partial charge in [0.1, 0.15) is 18.3 Å². The van der Waals surface area contributed by atoms with Crippen LogP contribution in [0.15, 0.2) is 18.2 Å². The van der Waals surface area contributed by atoms with Gasteiger partial charge in [0, 0.05) is 31.7 Å². The zero-order valence-electron chi connectivity index (χ0n) is 9.43. The number of nitrogens with one attached hydrogen (secondary N) is 1. The maximum Gasteiger partial charge on any atom is 0.128 e. The molecule has 0 unspecified atom stereocenters. The van der Waals surface area contributed by atoms with Gasteiger partial charge in [-0.3, -0.25) is 4.90 Å². The van der Waals surface area contributed by atoms with Crippen LogP contribution in [0.1, 0.15) is 11.6 Å². The lowest BCUT2D eigenvalue weighted by molar-refractivity contribution is 0.144. The van der Waals surface area contributed by atoms with Crippen molar-refractivity contribution >= 4 is 0 Å². The first-order chi connectivity index (χ1) is 8.22. The van der Waals surface area contributed by atoms with Crippen molar-refractivity contribution in [2.45, 2.75) is 6.04 Å². The van der Waals surface area contributed by atoms with E-state index in [9.17, 15) is 13.2 Å². The molecule has 94 valence electrons. The molecule has 1 heterocycles. The van der Waals surface area contributed by atoms with Gasteiger partial charge in [0.05, 0.1) is 6.04 Å². The highest BCUT2D eigenvalue weighted by Crippen LogP contribution is 2.25. The molecule has 0 spiro atoms. The molecule has 1 saturated heterocycles. The Balaban J connectivity index is 2.24. The topological polar surface area (TPSA) is 15.3 Å². The standard InChI is InChI=1S/C12H15F3N2/c13-8-12(17-5-3-16-4-6-17)10-7-9(14)1-2-11(10)15/h1-2,7,12,16H,3-6,8H2/t12-/m0/s1. The van der Waals surface area contributed by atoms with Crippen molar-refractivity contribution in [2.75, 3.05) is 32.9 Å². The van der Waals surface area contributed by atoms with Crippen molar-refractivity contribution in [1.29, 1.82) is 0 Å². The molecule has 0 bridgehead atoms. The Hall–Kier alpha value is -1.07. The van der Waals surface area contributed by atoms with E-state index in [2.05, 4.69) is 5.32 Å². The molecule has 0 aliphatic carbocycles. The lowest BCUT2D eigenvalue weighted by Gasteiger charge is -2.33. The van der Waals surface area contributed by atoms with Gasteiger partial charge < -0.3 is 5.32 Å². The van der Waals surface area contributed by atoms with Gasteiger partial charge in [0.15, 0.2) is 0 Å². The van der Waals surface area contributed by atoms with E-state index in [4.69, 9.17) is 0 Å². The molecule has 2 nitrogen and oxygen atoms in total. The molecular formula is C12H15F3N2. The number of nitrogens with zero attached hydrogens (tertiary/aromatic N) is 1. The van der Waals surface area contributed by atoms with Crippen LogP contribution in [0.4, 0.5) is 13.2 Å². The van der Waals surface area contributed by atoms with Gasteiger partial charge in [-0.15, -0.1) is 0 Å². The molecule has 1 atom stereocenters. The summed E-state index contributed by atoms with van der Waals surface area (Å²) in [6, 6.07) is 2.50. The highest BCUT2D eigenvalue weighted by molar-refractivity contribution is 5.22. The molecule has 0 saturated carbocycles. The molecule has 1 fully saturated rings. The first-order valence-corrected chi connectivity index (χ1v) is 5.68. The second-order valence-electron chi connectivity index (χ2n) is 4.12. The maximum absolute atomic E-state index is 13.6. The van der Waals surface area contributed by atoms with Crippen LogP contribution in [0.5, 0.6) is 0 Å². The van der Waals surface area contributed by atoms with Crippen LogP contribution >= 0.6 is 0 Å². The van der Waals surface area contributed by atoms with Crippen molar-refractivity contribution in [3.63, 3.8) is 0 Å². The molecule has 5 heteroatoms. The van der Waals surface area contributed by atoms with E-state index in [1.165, 1.54) is 0 Å². The summed E-state index contributed by atoms with van der Waals surface area (Å²) in [5, 5.41) is 3.14. The lowest BCUT2D eigenvalue weighted by atomic mass is 10.0. The zero-order valence-corrected chi connectivity index (χ0v) is 9.43. The fourth-order valence-corrected chi connectivity index (χ4v) is 2.14. The normalized spacial score (nSPS) is 19.2. The predicted molar refractivity (Wildman–Crippen MR) is 59.5 cm³/mol. The largest absolute Gasteiger partial charge is 0.314 e. The fraction of sp³-hybridized carbons (Fsp3) is 0.500. The van der Waals surface area contributed by atoms with Gasteiger partial charge in [-0.2, -0.15) is 0 Å². The third kappa shape index (κ3) is 2.79. The fourth-order valence-electron chi connectivity index (χ4n) is 2.14. The van der Waals surface area contributed by atoms with Crippen LogP contribution in [-0.4, -0.2) is 37.8 Å². The van der Waals surface area contributed by atoms with E-state index in [1.807, 2.05) is 4.90 Å². The summed E-state index contributed by atoms with van der Waals surface area (Å²) < 4.78 is 39.8. The van der Waals surface area contributed by atoms with E-state index in [0.717, 1.165) is 31.3 Å². The lowest BCUT2D eigenvalue weighted by Crippen LogP contribution is -2.45. The molecule has 2 rings (SSSR count). The summed E-state index contributed by atoms with van der Waals surface area (Å²) >= 11 is 0. The molecule has 1 aliphatic rings. The first kappa shape index (κ1) is 12.4. The number of hydrogen-bond acceptors (Lipinski definition) is 2. The minimum absolute atomic E-state index is 0.106. The van der Waals surface area contributed by atoms with E-state index >= 15 is 0 Å². The Bertz CT molecular complexity index is 378. The molecule has 0 radical (unpaired) electrons. The average molecular weight is 244 g/mol. The van der Waals surface area contributed by atoms with Crippen LogP contribution in [0.25, 0.3) is 0 Å². The number of hydrogen-bond donors (Lipinski definition) is 1. The van der Waals surface area contributed by atoms with Crippen molar-refractivity contribution in [2.24, 2.45) is 0 Å². The smallest absolute Gasteiger partial charge is 0.128 e. The highest BCUT2D eigenvalue weighted by Gasteiger charge is 2.24. The van der Waals surface area contributed by atoms with E-state index in [0.29, 0.717) is 13.1 Å². The maximum atomic E-state index is 13.6. The van der Waals surface area contributed by atoms with E-state index < -0.39 is 24.4 Å². The van der Waals surface area contributed by atoms with Crippen LogP contribution < -0.4 is 5.32 Å². The molecule has 0 amide bonds.